The first-order valence-electron chi connectivity index (χ1n) is 8.66. The average Bonchev–Trinajstić information content (AvgIpc) is 3.38. The summed E-state index contributed by atoms with van der Waals surface area (Å²) in [6.07, 6.45) is 8.05. The summed E-state index contributed by atoms with van der Waals surface area (Å²) in [6, 6.07) is 0.483. The molecule has 0 amide bonds. The number of piperidine rings is 1. The summed E-state index contributed by atoms with van der Waals surface area (Å²) in [4.78, 5) is 16.7. The molecule has 2 aliphatic rings. The summed E-state index contributed by atoms with van der Waals surface area (Å²) in [5.74, 6) is 1.48. The van der Waals surface area contributed by atoms with Crippen LogP contribution >= 0.6 is 11.8 Å². The fourth-order valence-corrected chi connectivity index (χ4v) is 4.13. The molecule has 1 saturated heterocycles. The van der Waals surface area contributed by atoms with Crippen LogP contribution in [0.5, 0.6) is 0 Å². The van der Waals surface area contributed by atoms with Gasteiger partial charge >= 0.3 is 0 Å². The van der Waals surface area contributed by atoms with Crippen molar-refractivity contribution in [2.75, 3.05) is 13.1 Å². The molecular weight excluding hydrogens is 324 g/mol. The molecule has 4 rings (SSSR count). The Balaban J connectivity index is 1.66. The third-order valence-corrected chi connectivity index (χ3v) is 5.61. The van der Waals surface area contributed by atoms with E-state index in [9.17, 15) is 4.79 Å². The van der Waals surface area contributed by atoms with Crippen molar-refractivity contribution in [2.45, 2.75) is 61.3 Å². The van der Waals surface area contributed by atoms with E-state index in [0.717, 1.165) is 30.5 Å². The van der Waals surface area contributed by atoms with Crippen molar-refractivity contribution in [1.82, 2.24) is 29.6 Å². The molecule has 2 aromatic heterocycles. The third-order valence-electron chi connectivity index (χ3n) is 4.68. The number of hydrogen-bond acceptors (Lipinski definition) is 6. The molecule has 1 aliphatic carbocycles. The van der Waals surface area contributed by atoms with Crippen LogP contribution in [0.25, 0.3) is 0 Å². The van der Waals surface area contributed by atoms with E-state index in [-0.39, 0.29) is 5.56 Å². The zero-order chi connectivity index (χ0) is 16.5. The number of nitrogens with zero attached hydrogens (tertiary/aromatic N) is 5. The third kappa shape index (κ3) is 3.00. The molecule has 1 N–H and O–H groups in total. The maximum absolute atomic E-state index is 12.4. The Morgan fingerprint density at radius 3 is 2.92 bits per heavy atom. The van der Waals surface area contributed by atoms with E-state index in [0.29, 0.717) is 23.5 Å². The SMILES string of the molecule is CCn1ccnc(Sc2nnc([C@@H]3CCCNC3)n2C2CC2)c1=O. The van der Waals surface area contributed by atoms with Gasteiger partial charge in [0.1, 0.15) is 5.82 Å². The largest absolute Gasteiger partial charge is 0.316 e. The predicted octanol–water partition coefficient (Wildman–Crippen LogP) is 1.81. The van der Waals surface area contributed by atoms with Crippen LogP contribution in [0.2, 0.25) is 0 Å². The lowest BCUT2D eigenvalue weighted by molar-refractivity contribution is 0.428. The second-order valence-corrected chi connectivity index (χ2v) is 7.37. The lowest BCUT2D eigenvalue weighted by Crippen LogP contribution is -2.30. The van der Waals surface area contributed by atoms with E-state index in [1.165, 1.54) is 31.0 Å². The Bertz CT molecular complexity index is 775. The summed E-state index contributed by atoms with van der Waals surface area (Å²) in [5, 5.41) is 13.6. The smallest absolute Gasteiger partial charge is 0.283 e. The molecule has 0 radical (unpaired) electrons. The second-order valence-electron chi connectivity index (χ2n) is 6.41. The van der Waals surface area contributed by atoms with Crippen LogP contribution in [-0.2, 0) is 6.54 Å². The van der Waals surface area contributed by atoms with Gasteiger partial charge in [-0.3, -0.25) is 4.79 Å². The predicted molar refractivity (Wildman–Crippen MR) is 91.4 cm³/mol. The molecule has 0 spiro atoms. The molecule has 1 saturated carbocycles. The molecule has 0 unspecified atom stereocenters. The lowest BCUT2D eigenvalue weighted by Gasteiger charge is -2.22. The highest BCUT2D eigenvalue weighted by Gasteiger charge is 2.33. The Hall–Kier alpha value is -1.67. The number of aryl methyl sites for hydroxylation is 1. The van der Waals surface area contributed by atoms with Crippen LogP contribution in [-0.4, -0.2) is 37.4 Å². The Morgan fingerprint density at radius 1 is 1.33 bits per heavy atom. The Labute approximate surface area is 144 Å². The van der Waals surface area contributed by atoms with Crippen molar-refractivity contribution in [3.63, 3.8) is 0 Å². The van der Waals surface area contributed by atoms with Gasteiger partial charge in [-0.05, 0) is 50.9 Å². The number of nitrogens with one attached hydrogen (secondary N) is 1. The lowest BCUT2D eigenvalue weighted by atomic mass is 9.99. The van der Waals surface area contributed by atoms with E-state index >= 15 is 0 Å². The minimum atomic E-state index is -0.0590. The Kier molecular flexibility index (Phi) is 4.41. The molecule has 0 aromatic carbocycles. The minimum Gasteiger partial charge on any atom is -0.316 e. The number of aromatic nitrogens is 5. The van der Waals surface area contributed by atoms with E-state index < -0.39 is 0 Å². The molecular formula is C16H22N6OS. The highest BCUT2D eigenvalue weighted by molar-refractivity contribution is 7.99. The molecule has 2 aromatic rings. The van der Waals surface area contributed by atoms with Crippen LogP contribution in [0.15, 0.2) is 27.4 Å². The molecule has 7 nitrogen and oxygen atoms in total. The summed E-state index contributed by atoms with van der Waals surface area (Å²) in [5.41, 5.74) is -0.0590. The quantitative estimate of drug-likeness (QED) is 0.890. The highest BCUT2D eigenvalue weighted by Crippen LogP contribution is 2.41. The van der Waals surface area contributed by atoms with E-state index in [1.54, 1.807) is 17.0 Å². The highest BCUT2D eigenvalue weighted by atomic mass is 32.2. The standard InChI is InChI=1S/C16H22N6OS/c1-2-21-9-8-18-14(15(21)23)24-16-20-19-13(22(16)12-5-6-12)11-4-3-7-17-10-11/h8-9,11-12,17H,2-7,10H2,1H3/t11-/m1/s1. The molecule has 1 aliphatic heterocycles. The van der Waals surface area contributed by atoms with Gasteiger partial charge in [-0.2, -0.15) is 0 Å². The van der Waals surface area contributed by atoms with Gasteiger partial charge in [0.15, 0.2) is 10.2 Å². The van der Waals surface area contributed by atoms with Gasteiger partial charge in [0.2, 0.25) is 0 Å². The van der Waals surface area contributed by atoms with Crippen molar-refractivity contribution in [2.24, 2.45) is 0 Å². The number of hydrogen-bond donors (Lipinski definition) is 1. The van der Waals surface area contributed by atoms with Gasteiger partial charge < -0.3 is 14.5 Å². The van der Waals surface area contributed by atoms with Crippen molar-refractivity contribution in [3.8, 4) is 0 Å². The van der Waals surface area contributed by atoms with Crippen molar-refractivity contribution >= 4 is 11.8 Å². The summed E-state index contributed by atoms with van der Waals surface area (Å²) in [6.45, 7) is 4.64. The minimum absolute atomic E-state index is 0.0590. The van der Waals surface area contributed by atoms with Crippen LogP contribution < -0.4 is 10.9 Å². The fourth-order valence-electron chi connectivity index (χ4n) is 3.22. The summed E-state index contributed by atoms with van der Waals surface area (Å²) < 4.78 is 3.92. The molecule has 24 heavy (non-hydrogen) atoms. The van der Waals surface area contributed by atoms with E-state index in [1.807, 2.05) is 6.92 Å². The monoisotopic (exact) mass is 346 g/mol. The van der Waals surface area contributed by atoms with Crippen LogP contribution in [0.4, 0.5) is 0 Å². The summed E-state index contributed by atoms with van der Waals surface area (Å²) >= 11 is 1.35. The maximum atomic E-state index is 12.4. The summed E-state index contributed by atoms with van der Waals surface area (Å²) in [7, 11) is 0. The molecule has 8 heteroatoms. The fraction of sp³-hybridized carbons (Fsp3) is 0.625. The zero-order valence-electron chi connectivity index (χ0n) is 13.8. The number of rotatable bonds is 5. The van der Waals surface area contributed by atoms with Crippen molar-refractivity contribution in [3.05, 3.63) is 28.6 Å². The zero-order valence-corrected chi connectivity index (χ0v) is 14.6. The van der Waals surface area contributed by atoms with Gasteiger partial charge in [-0.1, -0.05) is 0 Å². The molecule has 128 valence electrons. The Morgan fingerprint density at radius 2 is 2.21 bits per heavy atom. The molecule has 3 heterocycles. The van der Waals surface area contributed by atoms with Crippen molar-refractivity contribution < 1.29 is 0 Å². The normalized spacial score (nSPS) is 21.1. The van der Waals surface area contributed by atoms with E-state index in [4.69, 9.17) is 0 Å². The van der Waals surface area contributed by atoms with Gasteiger partial charge in [0, 0.05) is 37.4 Å². The first kappa shape index (κ1) is 15.8. The van der Waals surface area contributed by atoms with Crippen LogP contribution in [0, 0.1) is 0 Å². The van der Waals surface area contributed by atoms with Gasteiger partial charge in [-0.25, -0.2) is 4.98 Å². The molecule has 1 atom stereocenters. The van der Waals surface area contributed by atoms with Gasteiger partial charge in [0.05, 0.1) is 0 Å². The van der Waals surface area contributed by atoms with Crippen molar-refractivity contribution in [1.29, 1.82) is 0 Å². The van der Waals surface area contributed by atoms with Crippen LogP contribution in [0.1, 0.15) is 50.4 Å². The first-order valence-corrected chi connectivity index (χ1v) is 9.48. The first-order chi connectivity index (χ1) is 11.8. The molecule has 2 fully saturated rings. The maximum Gasteiger partial charge on any atom is 0.283 e. The van der Waals surface area contributed by atoms with Gasteiger partial charge in [0.25, 0.3) is 5.56 Å². The van der Waals surface area contributed by atoms with Gasteiger partial charge in [-0.15, -0.1) is 10.2 Å². The molecule has 0 bridgehead atoms. The topological polar surface area (TPSA) is 77.6 Å². The second kappa shape index (κ2) is 6.68. The van der Waals surface area contributed by atoms with E-state index in [2.05, 4.69) is 25.1 Å². The average molecular weight is 346 g/mol. The van der Waals surface area contributed by atoms with Crippen LogP contribution in [0.3, 0.4) is 0 Å².